The first-order valence-corrected chi connectivity index (χ1v) is 8.76. The molecule has 2 heterocycles. The second kappa shape index (κ2) is 9.74. The maximum Gasteiger partial charge on any atom is 0.319 e. The molecule has 3 rings (SSSR count). The molecule has 3 N–H and O–H groups in total. The highest BCUT2D eigenvalue weighted by Crippen LogP contribution is 2.16. The Morgan fingerprint density at radius 1 is 1.27 bits per heavy atom. The lowest BCUT2D eigenvalue weighted by Gasteiger charge is -2.15. The zero-order valence-electron chi connectivity index (χ0n) is 14.6. The number of anilines is 1. The maximum absolute atomic E-state index is 12.0. The number of urea groups is 1. The second-order valence-corrected chi connectivity index (χ2v) is 6.11. The molecule has 0 radical (unpaired) electrons. The van der Waals surface area contributed by atoms with Crippen molar-refractivity contribution in [2.24, 2.45) is 5.92 Å². The van der Waals surface area contributed by atoms with E-state index in [-0.39, 0.29) is 11.9 Å². The van der Waals surface area contributed by atoms with Gasteiger partial charge in [0.15, 0.2) is 0 Å². The Kier molecular flexibility index (Phi) is 6.80. The van der Waals surface area contributed by atoms with Crippen LogP contribution in [0.15, 0.2) is 48.7 Å². The SMILES string of the molecule is O=C(NCC1CNCCOC1)Nc1ccc(OCc2ccccn2)cc1. The molecule has 1 aromatic carbocycles. The van der Waals surface area contributed by atoms with Crippen molar-refractivity contribution in [2.45, 2.75) is 6.61 Å². The molecule has 1 unspecified atom stereocenters. The van der Waals surface area contributed by atoms with E-state index in [0.29, 0.717) is 25.4 Å². The van der Waals surface area contributed by atoms with Crippen molar-refractivity contribution in [3.05, 3.63) is 54.4 Å². The fourth-order valence-electron chi connectivity index (χ4n) is 2.58. The first-order valence-electron chi connectivity index (χ1n) is 8.76. The summed E-state index contributed by atoms with van der Waals surface area (Å²) in [4.78, 5) is 16.2. The predicted octanol–water partition coefficient (Wildman–Crippen LogP) is 2.02. The van der Waals surface area contributed by atoms with E-state index in [4.69, 9.17) is 9.47 Å². The molecule has 1 aromatic heterocycles. The van der Waals surface area contributed by atoms with Crippen LogP contribution in [0.25, 0.3) is 0 Å². The normalized spacial score (nSPS) is 17.2. The van der Waals surface area contributed by atoms with Crippen molar-refractivity contribution < 1.29 is 14.3 Å². The summed E-state index contributed by atoms with van der Waals surface area (Å²) in [7, 11) is 0. The maximum atomic E-state index is 12.0. The summed E-state index contributed by atoms with van der Waals surface area (Å²) in [5.74, 6) is 1.01. The smallest absolute Gasteiger partial charge is 0.319 e. The Morgan fingerprint density at radius 2 is 2.15 bits per heavy atom. The van der Waals surface area contributed by atoms with Gasteiger partial charge in [-0.25, -0.2) is 4.79 Å². The number of aromatic nitrogens is 1. The number of pyridine rings is 1. The van der Waals surface area contributed by atoms with E-state index < -0.39 is 0 Å². The van der Waals surface area contributed by atoms with Crippen molar-refractivity contribution in [3.63, 3.8) is 0 Å². The monoisotopic (exact) mass is 356 g/mol. The Bertz CT molecular complexity index is 671. The third kappa shape index (κ3) is 6.02. The van der Waals surface area contributed by atoms with Crippen LogP contribution in [-0.4, -0.2) is 43.9 Å². The van der Waals surface area contributed by atoms with Gasteiger partial charge in [0.2, 0.25) is 0 Å². The van der Waals surface area contributed by atoms with Crippen molar-refractivity contribution in [3.8, 4) is 5.75 Å². The van der Waals surface area contributed by atoms with Gasteiger partial charge in [-0.15, -0.1) is 0 Å². The van der Waals surface area contributed by atoms with Crippen LogP contribution < -0.4 is 20.7 Å². The van der Waals surface area contributed by atoms with Gasteiger partial charge in [-0.2, -0.15) is 0 Å². The van der Waals surface area contributed by atoms with Crippen LogP contribution in [0.3, 0.4) is 0 Å². The minimum Gasteiger partial charge on any atom is -0.487 e. The molecule has 2 aromatic rings. The summed E-state index contributed by atoms with van der Waals surface area (Å²) in [6, 6.07) is 12.7. The number of carbonyl (C=O) groups excluding carboxylic acids is 1. The van der Waals surface area contributed by atoms with Crippen molar-refractivity contribution in [1.29, 1.82) is 0 Å². The zero-order chi connectivity index (χ0) is 18.0. The Labute approximate surface area is 153 Å². The third-order valence-corrected chi connectivity index (χ3v) is 3.99. The molecule has 2 amide bonds. The Morgan fingerprint density at radius 3 is 2.96 bits per heavy atom. The van der Waals surface area contributed by atoms with E-state index in [2.05, 4.69) is 20.9 Å². The average Bonchev–Trinajstić information content (AvgIpc) is 2.96. The fourth-order valence-corrected chi connectivity index (χ4v) is 2.58. The number of carbonyl (C=O) groups is 1. The van der Waals surface area contributed by atoms with Crippen LogP contribution in [-0.2, 0) is 11.3 Å². The highest BCUT2D eigenvalue weighted by atomic mass is 16.5. The minimum atomic E-state index is -0.226. The van der Waals surface area contributed by atoms with E-state index in [1.165, 1.54) is 0 Å². The summed E-state index contributed by atoms with van der Waals surface area (Å²) in [6.45, 7) is 4.07. The van der Waals surface area contributed by atoms with Gasteiger partial charge in [-0.1, -0.05) is 6.07 Å². The molecule has 0 aliphatic carbocycles. The second-order valence-electron chi connectivity index (χ2n) is 6.11. The molecular weight excluding hydrogens is 332 g/mol. The molecule has 1 aliphatic rings. The van der Waals surface area contributed by atoms with Crippen molar-refractivity contribution >= 4 is 11.7 Å². The number of hydrogen-bond donors (Lipinski definition) is 3. The number of hydrogen-bond acceptors (Lipinski definition) is 5. The summed E-state index contributed by atoms with van der Waals surface area (Å²) in [6.07, 6.45) is 1.74. The molecule has 1 saturated heterocycles. The summed E-state index contributed by atoms with van der Waals surface area (Å²) in [5.41, 5.74) is 1.58. The number of nitrogens with one attached hydrogen (secondary N) is 3. The molecule has 138 valence electrons. The van der Waals surface area contributed by atoms with Crippen LogP contribution in [0.2, 0.25) is 0 Å². The summed E-state index contributed by atoms with van der Waals surface area (Å²) < 4.78 is 11.2. The average molecular weight is 356 g/mol. The van der Waals surface area contributed by atoms with Gasteiger partial charge < -0.3 is 25.4 Å². The molecule has 0 spiro atoms. The first kappa shape index (κ1) is 18.2. The van der Waals surface area contributed by atoms with Crippen LogP contribution in [0, 0.1) is 5.92 Å². The molecule has 1 aliphatic heterocycles. The lowest BCUT2D eigenvalue weighted by Crippen LogP contribution is -2.37. The fraction of sp³-hybridized carbons (Fsp3) is 0.368. The lowest BCUT2D eigenvalue weighted by molar-refractivity contribution is 0.123. The van der Waals surface area contributed by atoms with Gasteiger partial charge in [-0.05, 0) is 36.4 Å². The Hall–Kier alpha value is -2.64. The lowest BCUT2D eigenvalue weighted by atomic mass is 10.1. The zero-order valence-corrected chi connectivity index (χ0v) is 14.6. The van der Waals surface area contributed by atoms with Crippen LogP contribution in [0.1, 0.15) is 5.69 Å². The summed E-state index contributed by atoms with van der Waals surface area (Å²) >= 11 is 0. The number of ether oxygens (including phenoxy) is 2. The van der Waals surface area contributed by atoms with Gasteiger partial charge >= 0.3 is 6.03 Å². The van der Waals surface area contributed by atoms with Gasteiger partial charge in [0.25, 0.3) is 0 Å². The van der Waals surface area contributed by atoms with E-state index in [9.17, 15) is 4.79 Å². The van der Waals surface area contributed by atoms with Crippen LogP contribution in [0.4, 0.5) is 10.5 Å². The Balaban J connectivity index is 1.41. The van der Waals surface area contributed by atoms with Gasteiger partial charge in [-0.3, -0.25) is 4.98 Å². The molecule has 1 atom stereocenters. The molecular formula is C19H24N4O3. The minimum absolute atomic E-state index is 0.226. The van der Waals surface area contributed by atoms with Crippen LogP contribution >= 0.6 is 0 Å². The molecule has 0 bridgehead atoms. The third-order valence-electron chi connectivity index (χ3n) is 3.99. The highest BCUT2D eigenvalue weighted by molar-refractivity contribution is 5.89. The van der Waals surface area contributed by atoms with Crippen molar-refractivity contribution in [2.75, 3.05) is 38.2 Å². The number of amides is 2. The number of rotatable bonds is 6. The molecule has 7 nitrogen and oxygen atoms in total. The standard InChI is InChI=1S/C19H24N4O3/c24-19(22-12-15-11-20-9-10-25-13-15)23-16-4-6-18(7-5-16)26-14-17-3-1-2-8-21-17/h1-8,15,20H,9-14H2,(H2,22,23,24). The first-order chi connectivity index (χ1) is 12.8. The molecule has 0 saturated carbocycles. The molecule has 26 heavy (non-hydrogen) atoms. The van der Waals surface area contributed by atoms with E-state index in [1.807, 2.05) is 42.5 Å². The van der Waals surface area contributed by atoms with E-state index in [0.717, 1.165) is 31.1 Å². The topological polar surface area (TPSA) is 84.5 Å². The highest BCUT2D eigenvalue weighted by Gasteiger charge is 2.13. The molecule has 1 fully saturated rings. The quantitative estimate of drug-likeness (QED) is 0.737. The molecule has 7 heteroatoms. The van der Waals surface area contributed by atoms with Crippen molar-refractivity contribution in [1.82, 2.24) is 15.6 Å². The van der Waals surface area contributed by atoms with Crippen LogP contribution in [0.5, 0.6) is 5.75 Å². The predicted molar refractivity (Wildman–Crippen MR) is 99.2 cm³/mol. The van der Waals surface area contributed by atoms with Gasteiger partial charge in [0.05, 0.1) is 18.9 Å². The largest absolute Gasteiger partial charge is 0.487 e. The van der Waals surface area contributed by atoms with Gasteiger partial charge in [0.1, 0.15) is 12.4 Å². The number of nitrogens with zero attached hydrogens (tertiary/aromatic N) is 1. The number of benzene rings is 1. The van der Waals surface area contributed by atoms with E-state index in [1.54, 1.807) is 6.20 Å². The summed E-state index contributed by atoms with van der Waals surface area (Å²) in [5, 5.41) is 8.98. The van der Waals surface area contributed by atoms with Gasteiger partial charge in [0, 0.05) is 37.4 Å². The van der Waals surface area contributed by atoms with E-state index >= 15 is 0 Å².